The van der Waals surface area contributed by atoms with Crippen molar-refractivity contribution in [1.82, 2.24) is 4.98 Å². The molecule has 0 aliphatic heterocycles. The third-order valence-electron chi connectivity index (χ3n) is 3.41. The fraction of sp³-hybridized carbons (Fsp3) is 0.278. The smallest absolute Gasteiger partial charge is 0.248 e. The number of primary amides is 1. The Kier molecular flexibility index (Phi) is 10.4. The van der Waals surface area contributed by atoms with E-state index >= 15 is 0 Å². The normalized spacial score (nSPS) is 11.0. The van der Waals surface area contributed by atoms with Gasteiger partial charge in [0.1, 0.15) is 5.75 Å². The van der Waals surface area contributed by atoms with Crippen LogP contribution in [0.4, 0.5) is 5.69 Å². The molecule has 0 aliphatic carbocycles. The minimum absolute atomic E-state index is 0. The van der Waals surface area contributed by atoms with Crippen LogP contribution in [0.3, 0.4) is 0 Å². The van der Waals surface area contributed by atoms with Gasteiger partial charge in [-0.25, -0.2) is 4.98 Å². The maximum Gasteiger partial charge on any atom is 0.248 e. The lowest BCUT2D eigenvalue weighted by molar-refractivity contribution is -0.117. The highest BCUT2D eigenvalue weighted by molar-refractivity contribution is 5.94. The minimum Gasteiger partial charge on any atom is -0.439 e. The molecular weight excluding hydrogens is 391 g/mol. The van der Waals surface area contributed by atoms with Crippen molar-refractivity contribution in [1.29, 1.82) is 0 Å². The van der Waals surface area contributed by atoms with Crippen LogP contribution in [0.2, 0.25) is 0 Å². The van der Waals surface area contributed by atoms with Gasteiger partial charge in [0.25, 0.3) is 0 Å². The summed E-state index contributed by atoms with van der Waals surface area (Å²) < 4.78 is 5.57. The van der Waals surface area contributed by atoms with Gasteiger partial charge >= 0.3 is 0 Å². The minimum atomic E-state index is -0.563. The highest BCUT2D eigenvalue weighted by Crippen LogP contribution is 2.21. The summed E-state index contributed by atoms with van der Waals surface area (Å²) in [7, 11) is 0. The third-order valence-corrected chi connectivity index (χ3v) is 3.41. The molecule has 0 aliphatic rings. The molecule has 0 spiro atoms. The van der Waals surface area contributed by atoms with Crippen LogP contribution in [-0.2, 0) is 4.79 Å². The van der Waals surface area contributed by atoms with E-state index in [0.717, 1.165) is 0 Å². The second-order valence-electron chi connectivity index (χ2n) is 6.10. The van der Waals surface area contributed by atoms with Crippen LogP contribution in [0.25, 0.3) is 0 Å². The summed E-state index contributed by atoms with van der Waals surface area (Å²) in [6, 6.07) is 9.20. The first-order chi connectivity index (χ1) is 11.8. The fourth-order valence-corrected chi connectivity index (χ4v) is 2.20. The van der Waals surface area contributed by atoms with E-state index in [4.69, 9.17) is 16.2 Å². The van der Waals surface area contributed by atoms with Crippen molar-refractivity contribution < 1.29 is 14.3 Å². The summed E-state index contributed by atoms with van der Waals surface area (Å²) in [5, 5.41) is 2.72. The standard InChI is InChI=1S/C18H22N4O3.2ClH/c1-11(2)8-15(19)18(24)22-13-6-7-16(21-10-13)25-14-5-3-4-12(9-14)17(20)23;;/h3-7,9-11,15H,8,19H2,1-2H3,(H2,20,23)(H,22,24);2*1H/t15-;;/m0../s1. The van der Waals surface area contributed by atoms with Crippen molar-refractivity contribution in [3.8, 4) is 11.6 Å². The Morgan fingerprint density at radius 3 is 2.44 bits per heavy atom. The van der Waals surface area contributed by atoms with Crippen molar-refractivity contribution in [3.05, 3.63) is 48.2 Å². The number of rotatable bonds is 7. The molecule has 1 heterocycles. The maximum atomic E-state index is 12.0. The zero-order valence-corrected chi connectivity index (χ0v) is 16.7. The second-order valence-corrected chi connectivity index (χ2v) is 6.10. The summed E-state index contributed by atoms with van der Waals surface area (Å²) in [6.45, 7) is 4.02. The van der Waals surface area contributed by atoms with E-state index in [1.165, 1.54) is 12.3 Å². The predicted molar refractivity (Wildman–Crippen MR) is 110 cm³/mol. The molecule has 0 bridgehead atoms. The molecule has 0 fully saturated rings. The van der Waals surface area contributed by atoms with Gasteiger partial charge in [-0.15, -0.1) is 24.8 Å². The summed E-state index contributed by atoms with van der Waals surface area (Å²) in [5.41, 5.74) is 12.0. The van der Waals surface area contributed by atoms with Crippen LogP contribution < -0.4 is 21.5 Å². The third kappa shape index (κ3) is 7.82. The molecule has 0 saturated heterocycles. The van der Waals surface area contributed by atoms with Crippen molar-refractivity contribution >= 4 is 42.3 Å². The van der Waals surface area contributed by atoms with Crippen LogP contribution in [0.5, 0.6) is 11.6 Å². The van der Waals surface area contributed by atoms with Crippen LogP contribution in [0, 0.1) is 5.92 Å². The number of carbonyl (C=O) groups excluding carboxylic acids is 2. The molecule has 2 amide bonds. The number of halogens is 2. The van der Waals surface area contributed by atoms with Crippen molar-refractivity contribution in [2.24, 2.45) is 17.4 Å². The topological polar surface area (TPSA) is 120 Å². The summed E-state index contributed by atoms with van der Waals surface area (Å²) >= 11 is 0. The van der Waals surface area contributed by atoms with E-state index in [9.17, 15) is 9.59 Å². The van der Waals surface area contributed by atoms with E-state index in [1.54, 1.807) is 30.3 Å². The van der Waals surface area contributed by atoms with E-state index in [1.807, 2.05) is 13.8 Å². The second kappa shape index (κ2) is 11.4. The first-order valence-corrected chi connectivity index (χ1v) is 7.95. The van der Waals surface area contributed by atoms with Crippen molar-refractivity contribution in [2.75, 3.05) is 5.32 Å². The number of aromatic nitrogens is 1. The number of nitrogens with zero attached hydrogens (tertiary/aromatic N) is 1. The Hall–Kier alpha value is -2.35. The number of pyridine rings is 1. The Morgan fingerprint density at radius 2 is 1.89 bits per heavy atom. The zero-order chi connectivity index (χ0) is 18.4. The lowest BCUT2D eigenvalue weighted by atomic mass is 10.0. The number of benzene rings is 1. The van der Waals surface area contributed by atoms with Gasteiger partial charge in [0.2, 0.25) is 17.7 Å². The largest absolute Gasteiger partial charge is 0.439 e. The fourth-order valence-electron chi connectivity index (χ4n) is 2.20. The quantitative estimate of drug-likeness (QED) is 0.642. The monoisotopic (exact) mass is 414 g/mol. The Labute approximate surface area is 170 Å². The van der Waals surface area contributed by atoms with Crippen LogP contribution in [0.1, 0.15) is 30.6 Å². The number of amides is 2. The van der Waals surface area contributed by atoms with Crippen LogP contribution in [-0.4, -0.2) is 22.8 Å². The maximum absolute atomic E-state index is 12.0. The molecule has 0 unspecified atom stereocenters. The Bertz CT molecular complexity index is 755. The van der Waals surface area contributed by atoms with Gasteiger partial charge in [0, 0.05) is 11.6 Å². The number of anilines is 1. The van der Waals surface area contributed by atoms with E-state index < -0.39 is 11.9 Å². The lowest BCUT2D eigenvalue weighted by Crippen LogP contribution is -2.36. The first-order valence-electron chi connectivity index (χ1n) is 7.95. The lowest BCUT2D eigenvalue weighted by Gasteiger charge is -2.14. The van der Waals surface area contributed by atoms with Gasteiger partial charge in [-0.2, -0.15) is 0 Å². The molecule has 9 heteroatoms. The number of hydrogen-bond donors (Lipinski definition) is 3. The highest BCUT2D eigenvalue weighted by Gasteiger charge is 2.15. The highest BCUT2D eigenvalue weighted by atomic mass is 35.5. The predicted octanol–water partition coefficient (Wildman–Crippen LogP) is 3.13. The molecule has 7 nitrogen and oxygen atoms in total. The average molecular weight is 415 g/mol. The molecule has 0 radical (unpaired) electrons. The Morgan fingerprint density at radius 1 is 1.19 bits per heavy atom. The van der Waals surface area contributed by atoms with Gasteiger partial charge in [-0.05, 0) is 36.6 Å². The SMILES string of the molecule is CC(C)C[C@H](N)C(=O)Nc1ccc(Oc2cccc(C(N)=O)c2)nc1.Cl.Cl. The molecule has 2 aromatic rings. The molecule has 148 valence electrons. The Balaban J connectivity index is 0.00000338. The van der Waals surface area contributed by atoms with Crippen molar-refractivity contribution in [2.45, 2.75) is 26.3 Å². The van der Waals surface area contributed by atoms with E-state index in [0.29, 0.717) is 35.2 Å². The number of nitrogens with two attached hydrogens (primary N) is 2. The van der Waals surface area contributed by atoms with Crippen LogP contribution >= 0.6 is 24.8 Å². The molecule has 1 atom stereocenters. The van der Waals surface area contributed by atoms with Gasteiger partial charge < -0.3 is 21.5 Å². The van der Waals surface area contributed by atoms with Crippen molar-refractivity contribution in [3.63, 3.8) is 0 Å². The molecule has 27 heavy (non-hydrogen) atoms. The number of hydrogen-bond acceptors (Lipinski definition) is 5. The molecule has 0 saturated carbocycles. The zero-order valence-electron chi connectivity index (χ0n) is 15.0. The molecule has 1 aromatic carbocycles. The number of carbonyl (C=O) groups is 2. The molecule has 5 N–H and O–H groups in total. The molecular formula is C18H24Cl2N4O3. The summed E-state index contributed by atoms with van der Waals surface area (Å²) in [5.74, 6) is 0.323. The summed E-state index contributed by atoms with van der Waals surface area (Å²) in [6.07, 6.45) is 2.09. The van der Waals surface area contributed by atoms with Crippen LogP contribution in [0.15, 0.2) is 42.6 Å². The van der Waals surface area contributed by atoms with Gasteiger partial charge in [-0.1, -0.05) is 19.9 Å². The number of ether oxygens (including phenoxy) is 1. The molecule has 1 aromatic heterocycles. The molecule has 2 rings (SSSR count). The van der Waals surface area contributed by atoms with Gasteiger partial charge in [0.15, 0.2) is 0 Å². The average Bonchev–Trinajstić information content (AvgIpc) is 2.56. The first kappa shape index (κ1) is 24.7. The summed E-state index contributed by atoms with van der Waals surface area (Å²) in [4.78, 5) is 27.3. The number of nitrogens with one attached hydrogen (secondary N) is 1. The van der Waals surface area contributed by atoms with Gasteiger partial charge in [0.05, 0.1) is 17.9 Å². The van der Waals surface area contributed by atoms with E-state index in [2.05, 4.69) is 10.3 Å². The van der Waals surface area contributed by atoms with Gasteiger partial charge in [-0.3, -0.25) is 9.59 Å². The van der Waals surface area contributed by atoms with E-state index in [-0.39, 0.29) is 30.7 Å².